The second kappa shape index (κ2) is 8.10. The maximum Gasteiger partial charge on any atom is 0.315 e. The lowest BCUT2D eigenvalue weighted by Crippen LogP contribution is -2.38. The topological polar surface area (TPSA) is 80.5 Å². The molecule has 2 heterocycles. The predicted octanol–water partition coefficient (Wildman–Crippen LogP) is 2.12. The number of fused-ring (bicyclic) bond motifs is 1. The molecule has 7 heteroatoms. The van der Waals surface area contributed by atoms with Crippen LogP contribution < -0.4 is 10.6 Å². The van der Waals surface area contributed by atoms with E-state index in [1.165, 1.54) is 19.3 Å². The number of aromatic nitrogens is 3. The third-order valence-electron chi connectivity index (χ3n) is 4.54. The van der Waals surface area contributed by atoms with Crippen molar-refractivity contribution in [2.75, 3.05) is 13.2 Å². The predicted molar refractivity (Wildman–Crippen MR) is 90.6 cm³/mol. The Labute approximate surface area is 141 Å². The summed E-state index contributed by atoms with van der Waals surface area (Å²) in [6.45, 7) is 3.64. The summed E-state index contributed by atoms with van der Waals surface area (Å²) in [5.41, 5.74) is 0.768. The Balaban J connectivity index is 1.35. The van der Waals surface area contributed by atoms with Crippen LogP contribution in [0.4, 0.5) is 4.79 Å². The molecule has 0 aromatic carbocycles. The quantitative estimate of drug-likeness (QED) is 0.795. The number of pyridine rings is 1. The number of carbonyl (C=O) groups is 1. The number of ether oxygens (including phenoxy) is 1. The van der Waals surface area contributed by atoms with Gasteiger partial charge in [-0.15, -0.1) is 10.2 Å². The first kappa shape index (κ1) is 16.7. The van der Waals surface area contributed by atoms with Crippen molar-refractivity contribution in [3.63, 3.8) is 0 Å². The molecule has 2 aromatic heterocycles. The van der Waals surface area contributed by atoms with Gasteiger partial charge in [0.2, 0.25) is 0 Å². The first-order valence-corrected chi connectivity index (χ1v) is 8.66. The Hall–Kier alpha value is -2.15. The fraction of sp³-hybridized carbons (Fsp3) is 0.588. The molecule has 0 aliphatic heterocycles. The summed E-state index contributed by atoms with van der Waals surface area (Å²) in [6, 6.07) is 5.47. The summed E-state index contributed by atoms with van der Waals surface area (Å²) in [4.78, 5) is 11.9. The molecule has 2 amide bonds. The molecule has 24 heavy (non-hydrogen) atoms. The van der Waals surface area contributed by atoms with Crippen molar-refractivity contribution in [3.8, 4) is 0 Å². The van der Waals surface area contributed by atoms with Crippen LogP contribution in [0.5, 0.6) is 0 Å². The van der Waals surface area contributed by atoms with Gasteiger partial charge in [0.1, 0.15) is 0 Å². The van der Waals surface area contributed by atoms with Crippen molar-refractivity contribution in [2.24, 2.45) is 5.92 Å². The van der Waals surface area contributed by atoms with E-state index in [1.807, 2.05) is 28.8 Å². The van der Waals surface area contributed by atoms with Gasteiger partial charge >= 0.3 is 6.03 Å². The van der Waals surface area contributed by atoms with Crippen LogP contribution in [0.2, 0.25) is 0 Å². The molecule has 1 aliphatic rings. The molecule has 0 unspecified atom stereocenters. The van der Waals surface area contributed by atoms with Crippen LogP contribution in [0.25, 0.3) is 5.65 Å². The molecule has 2 aromatic rings. The van der Waals surface area contributed by atoms with Gasteiger partial charge in [-0.3, -0.25) is 4.40 Å². The van der Waals surface area contributed by atoms with Crippen molar-refractivity contribution in [1.82, 2.24) is 25.2 Å². The molecule has 7 nitrogen and oxygen atoms in total. The second-order valence-electron chi connectivity index (χ2n) is 6.33. The van der Waals surface area contributed by atoms with Crippen LogP contribution >= 0.6 is 0 Å². The second-order valence-corrected chi connectivity index (χ2v) is 6.33. The third kappa shape index (κ3) is 4.23. The summed E-state index contributed by atoms with van der Waals surface area (Å²) < 4.78 is 7.74. The number of carbonyl (C=O) groups excluding carboxylic acids is 1. The Kier molecular flexibility index (Phi) is 5.63. The van der Waals surface area contributed by atoms with Crippen LogP contribution in [0.15, 0.2) is 24.4 Å². The minimum Gasteiger partial charge on any atom is -0.376 e. The number of nitrogens with zero attached hydrogens (tertiary/aromatic N) is 3. The monoisotopic (exact) mass is 331 g/mol. The van der Waals surface area contributed by atoms with Crippen LogP contribution in [0.3, 0.4) is 0 Å². The summed E-state index contributed by atoms with van der Waals surface area (Å²) in [5.74, 6) is 1.32. The third-order valence-corrected chi connectivity index (χ3v) is 4.54. The average Bonchev–Trinajstić information content (AvgIpc) is 3.01. The van der Waals surface area contributed by atoms with Gasteiger partial charge < -0.3 is 15.4 Å². The zero-order valence-corrected chi connectivity index (χ0v) is 14.1. The summed E-state index contributed by atoms with van der Waals surface area (Å²) in [7, 11) is 0. The molecule has 1 aliphatic carbocycles. The van der Waals surface area contributed by atoms with Gasteiger partial charge in [-0.25, -0.2) is 4.79 Å². The fourth-order valence-corrected chi connectivity index (χ4v) is 3.14. The van der Waals surface area contributed by atoms with E-state index in [4.69, 9.17) is 4.74 Å². The maximum absolute atomic E-state index is 11.9. The van der Waals surface area contributed by atoms with E-state index < -0.39 is 0 Å². The molecular weight excluding hydrogens is 306 g/mol. The van der Waals surface area contributed by atoms with E-state index in [1.54, 1.807) is 0 Å². The summed E-state index contributed by atoms with van der Waals surface area (Å²) >= 11 is 0. The first-order chi connectivity index (χ1) is 11.7. The zero-order chi connectivity index (χ0) is 16.8. The summed E-state index contributed by atoms with van der Waals surface area (Å²) in [6.07, 6.45) is 7.14. The molecule has 1 saturated carbocycles. The van der Waals surface area contributed by atoms with Crippen LogP contribution in [-0.4, -0.2) is 39.9 Å². The molecule has 0 spiro atoms. The molecule has 0 saturated heterocycles. The van der Waals surface area contributed by atoms with E-state index in [0.29, 0.717) is 37.5 Å². The highest BCUT2D eigenvalue weighted by Crippen LogP contribution is 2.25. The van der Waals surface area contributed by atoms with Crippen molar-refractivity contribution in [2.45, 2.75) is 45.3 Å². The summed E-state index contributed by atoms with van der Waals surface area (Å²) in [5, 5.41) is 13.7. The highest BCUT2D eigenvalue weighted by Gasteiger charge is 2.21. The minimum absolute atomic E-state index is 0.219. The normalized spacial score (nSPS) is 20.9. The lowest BCUT2D eigenvalue weighted by molar-refractivity contribution is -0.00243. The first-order valence-electron chi connectivity index (χ1n) is 8.66. The molecular formula is C17H25N5O2. The van der Waals surface area contributed by atoms with E-state index in [9.17, 15) is 4.79 Å². The van der Waals surface area contributed by atoms with Crippen molar-refractivity contribution in [3.05, 3.63) is 30.2 Å². The SMILES string of the molecule is C[C@@H]1CCCC[C@@H]1OCCNC(=O)NCc1nnc2ccccn12. The standard InChI is InChI=1S/C17H25N5O2/c1-13-6-2-3-7-14(13)24-11-9-18-17(23)19-12-16-21-20-15-8-4-5-10-22(15)16/h4-5,8,10,13-14H,2-3,6-7,9,11-12H2,1H3,(H2,18,19,23)/t13-,14+/m1/s1. The number of urea groups is 1. The van der Waals surface area contributed by atoms with Gasteiger partial charge in [-0.2, -0.15) is 0 Å². The number of nitrogens with one attached hydrogen (secondary N) is 2. The molecule has 0 bridgehead atoms. The number of rotatable bonds is 6. The maximum atomic E-state index is 11.9. The molecule has 2 atom stereocenters. The van der Waals surface area contributed by atoms with E-state index in [2.05, 4.69) is 27.8 Å². The number of hydrogen-bond acceptors (Lipinski definition) is 4. The zero-order valence-electron chi connectivity index (χ0n) is 14.1. The highest BCUT2D eigenvalue weighted by atomic mass is 16.5. The van der Waals surface area contributed by atoms with E-state index in [0.717, 1.165) is 12.1 Å². The molecule has 3 rings (SSSR count). The van der Waals surface area contributed by atoms with Crippen LogP contribution in [0.1, 0.15) is 38.4 Å². The number of amides is 2. The largest absolute Gasteiger partial charge is 0.376 e. The molecule has 0 radical (unpaired) electrons. The Morgan fingerprint density at radius 3 is 3.04 bits per heavy atom. The van der Waals surface area contributed by atoms with Gasteiger partial charge in [0.25, 0.3) is 0 Å². The molecule has 2 N–H and O–H groups in total. The Morgan fingerprint density at radius 1 is 1.29 bits per heavy atom. The van der Waals surface area contributed by atoms with Gasteiger partial charge in [0.15, 0.2) is 11.5 Å². The Morgan fingerprint density at radius 2 is 2.17 bits per heavy atom. The van der Waals surface area contributed by atoms with Crippen molar-refractivity contribution >= 4 is 11.7 Å². The van der Waals surface area contributed by atoms with Gasteiger partial charge in [-0.05, 0) is 30.9 Å². The van der Waals surface area contributed by atoms with Gasteiger partial charge in [-0.1, -0.05) is 25.8 Å². The molecule has 130 valence electrons. The van der Waals surface area contributed by atoms with Crippen molar-refractivity contribution < 1.29 is 9.53 Å². The van der Waals surface area contributed by atoms with E-state index >= 15 is 0 Å². The van der Waals surface area contributed by atoms with Crippen molar-refractivity contribution in [1.29, 1.82) is 0 Å². The minimum atomic E-state index is -0.219. The lowest BCUT2D eigenvalue weighted by Gasteiger charge is -2.28. The Bertz CT molecular complexity index is 672. The van der Waals surface area contributed by atoms with Crippen LogP contribution in [0, 0.1) is 5.92 Å². The van der Waals surface area contributed by atoms with Gasteiger partial charge in [0.05, 0.1) is 19.3 Å². The average molecular weight is 331 g/mol. The highest BCUT2D eigenvalue weighted by molar-refractivity contribution is 5.73. The fourth-order valence-electron chi connectivity index (χ4n) is 3.14. The van der Waals surface area contributed by atoms with Gasteiger partial charge in [0, 0.05) is 12.7 Å². The lowest BCUT2D eigenvalue weighted by atomic mass is 9.88. The number of hydrogen-bond donors (Lipinski definition) is 2. The van der Waals surface area contributed by atoms with E-state index in [-0.39, 0.29) is 6.03 Å². The smallest absolute Gasteiger partial charge is 0.315 e. The van der Waals surface area contributed by atoms with Crippen LogP contribution in [-0.2, 0) is 11.3 Å². The molecule has 1 fully saturated rings.